The Kier molecular flexibility index (Phi) is 5.63. The second kappa shape index (κ2) is 8.10. The van der Waals surface area contributed by atoms with Crippen LogP contribution in [0, 0.1) is 6.92 Å². The molecule has 7 heteroatoms. The van der Waals surface area contributed by atoms with Crippen LogP contribution in [0.1, 0.15) is 23.5 Å². The highest BCUT2D eigenvalue weighted by Crippen LogP contribution is 2.17. The number of carbonyl (C=O) groups is 1. The number of pyridine rings is 1. The van der Waals surface area contributed by atoms with Crippen LogP contribution < -0.4 is 10.1 Å². The minimum Gasteiger partial charge on any atom is -0.487 e. The van der Waals surface area contributed by atoms with Gasteiger partial charge in [0.05, 0.1) is 17.7 Å². The molecule has 1 N–H and O–H groups in total. The van der Waals surface area contributed by atoms with Crippen molar-refractivity contribution < 1.29 is 9.53 Å². The molecule has 3 rings (SSSR count). The summed E-state index contributed by atoms with van der Waals surface area (Å²) in [6.07, 6.45) is 6.12. The Bertz CT molecular complexity index is 662. The van der Waals surface area contributed by atoms with E-state index in [9.17, 15) is 4.79 Å². The van der Waals surface area contributed by atoms with E-state index in [0.717, 1.165) is 42.3 Å². The molecular weight excluding hydrogens is 324 g/mol. The van der Waals surface area contributed by atoms with Crippen LogP contribution in [0.5, 0.6) is 5.75 Å². The fourth-order valence-corrected chi connectivity index (χ4v) is 3.50. The van der Waals surface area contributed by atoms with Gasteiger partial charge in [0.1, 0.15) is 11.9 Å². The highest BCUT2D eigenvalue weighted by Gasteiger charge is 2.27. The van der Waals surface area contributed by atoms with Gasteiger partial charge in [0.2, 0.25) is 0 Å². The number of ether oxygens (including phenoxy) is 1. The van der Waals surface area contributed by atoms with E-state index >= 15 is 0 Å². The topological polar surface area (TPSA) is 67.4 Å². The van der Waals surface area contributed by atoms with E-state index in [2.05, 4.69) is 20.7 Å². The van der Waals surface area contributed by atoms with Crippen LogP contribution in [0.4, 0.5) is 4.79 Å². The van der Waals surface area contributed by atoms with Crippen LogP contribution >= 0.6 is 11.3 Å². The first kappa shape index (κ1) is 16.7. The van der Waals surface area contributed by atoms with Gasteiger partial charge < -0.3 is 15.0 Å². The Morgan fingerprint density at radius 3 is 3.21 bits per heavy atom. The average Bonchev–Trinajstić information content (AvgIpc) is 3.21. The lowest BCUT2D eigenvalue weighted by molar-refractivity contribution is 0.186. The molecule has 1 atom stereocenters. The van der Waals surface area contributed by atoms with Crippen molar-refractivity contribution in [1.29, 1.82) is 0 Å². The molecule has 2 aromatic heterocycles. The van der Waals surface area contributed by atoms with Crippen molar-refractivity contribution in [3.63, 3.8) is 0 Å². The number of nitrogens with zero attached hydrogens (tertiary/aromatic N) is 3. The Morgan fingerprint density at radius 2 is 2.46 bits per heavy atom. The van der Waals surface area contributed by atoms with E-state index in [0.29, 0.717) is 13.1 Å². The molecule has 2 amide bonds. The molecule has 24 heavy (non-hydrogen) atoms. The summed E-state index contributed by atoms with van der Waals surface area (Å²) in [6, 6.07) is 3.72. The SMILES string of the molecule is Cc1csc(CCCNC(=O)N2CC[C@@H](Oc3cccnc3)C2)n1. The molecule has 0 spiro atoms. The molecule has 6 nitrogen and oxygen atoms in total. The number of rotatable bonds is 6. The minimum atomic E-state index is -0.0115. The summed E-state index contributed by atoms with van der Waals surface area (Å²) in [5.74, 6) is 0.753. The Hall–Kier alpha value is -2.15. The molecular formula is C17H22N4O2S. The number of hydrogen-bond acceptors (Lipinski definition) is 5. The van der Waals surface area contributed by atoms with E-state index in [4.69, 9.17) is 4.74 Å². The van der Waals surface area contributed by atoms with Crippen molar-refractivity contribution in [2.75, 3.05) is 19.6 Å². The molecule has 0 bridgehead atoms. The number of nitrogens with one attached hydrogen (secondary N) is 1. The molecule has 1 aliphatic rings. The molecule has 0 aliphatic carbocycles. The van der Waals surface area contributed by atoms with Gasteiger partial charge in [-0.1, -0.05) is 0 Å². The predicted octanol–water partition coefficient (Wildman–Crippen LogP) is 2.64. The van der Waals surface area contributed by atoms with Gasteiger partial charge in [-0.25, -0.2) is 9.78 Å². The van der Waals surface area contributed by atoms with Gasteiger partial charge in [0.15, 0.2) is 0 Å². The van der Waals surface area contributed by atoms with Crippen molar-refractivity contribution in [2.24, 2.45) is 0 Å². The Morgan fingerprint density at radius 1 is 1.54 bits per heavy atom. The van der Waals surface area contributed by atoms with Crippen LogP contribution in [0.15, 0.2) is 29.9 Å². The fourth-order valence-electron chi connectivity index (χ4n) is 2.68. The van der Waals surface area contributed by atoms with Crippen molar-refractivity contribution in [3.8, 4) is 5.75 Å². The van der Waals surface area contributed by atoms with E-state index in [1.807, 2.05) is 24.0 Å². The molecule has 0 unspecified atom stereocenters. The van der Waals surface area contributed by atoms with Crippen LogP contribution in [0.3, 0.4) is 0 Å². The minimum absolute atomic E-state index is 0.0115. The monoisotopic (exact) mass is 346 g/mol. The second-order valence-corrected chi connectivity index (χ2v) is 6.82. The maximum atomic E-state index is 12.2. The number of carbonyl (C=O) groups excluding carboxylic acids is 1. The summed E-state index contributed by atoms with van der Waals surface area (Å²) >= 11 is 1.68. The molecule has 0 aromatic carbocycles. The number of aromatic nitrogens is 2. The zero-order valence-electron chi connectivity index (χ0n) is 13.8. The molecule has 1 aliphatic heterocycles. The maximum absolute atomic E-state index is 12.2. The number of urea groups is 1. The van der Waals surface area contributed by atoms with Gasteiger partial charge in [0, 0.05) is 43.2 Å². The number of likely N-dealkylation sites (tertiary alicyclic amines) is 1. The highest BCUT2D eigenvalue weighted by molar-refractivity contribution is 7.09. The summed E-state index contributed by atoms with van der Waals surface area (Å²) < 4.78 is 5.85. The summed E-state index contributed by atoms with van der Waals surface area (Å²) in [4.78, 5) is 22.5. The number of hydrogen-bond donors (Lipinski definition) is 1. The van der Waals surface area contributed by atoms with Gasteiger partial charge in [0.25, 0.3) is 0 Å². The van der Waals surface area contributed by atoms with Crippen molar-refractivity contribution in [2.45, 2.75) is 32.3 Å². The van der Waals surface area contributed by atoms with Gasteiger partial charge in [-0.3, -0.25) is 4.98 Å². The quantitative estimate of drug-likeness (QED) is 0.817. The second-order valence-electron chi connectivity index (χ2n) is 5.88. The number of aryl methyl sites for hydroxylation is 2. The zero-order chi connectivity index (χ0) is 16.8. The lowest BCUT2D eigenvalue weighted by Gasteiger charge is -2.17. The van der Waals surface area contributed by atoms with Gasteiger partial charge in [-0.05, 0) is 25.5 Å². The lowest BCUT2D eigenvalue weighted by atomic mass is 10.3. The first-order chi connectivity index (χ1) is 11.7. The first-order valence-electron chi connectivity index (χ1n) is 8.21. The fraction of sp³-hybridized carbons (Fsp3) is 0.471. The van der Waals surface area contributed by atoms with E-state index < -0.39 is 0 Å². The summed E-state index contributed by atoms with van der Waals surface area (Å²) in [5, 5.41) is 6.17. The normalized spacial score (nSPS) is 17.0. The number of amides is 2. The van der Waals surface area contributed by atoms with Crippen molar-refractivity contribution in [3.05, 3.63) is 40.6 Å². The summed E-state index contributed by atoms with van der Waals surface area (Å²) in [5.41, 5.74) is 1.07. The average molecular weight is 346 g/mol. The Balaban J connectivity index is 1.35. The Labute approximate surface area is 145 Å². The largest absolute Gasteiger partial charge is 0.487 e. The smallest absolute Gasteiger partial charge is 0.317 e. The van der Waals surface area contributed by atoms with Crippen molar-refractivity contribution >= 4 is 17.4 Å². The molecule has 128 valence electrons. The first-order valence-corrected chi connectivity index (χ1v) is 9.09. The van der Waals surface area contributed by atoms with Crippen LogP contribution in [0.25, 0.3) is 0 Å². The number of thiazole rings is 1. The van der Waals surface area contributed by atoms with Crippen LogP contribution in [-0.4, -0.2) is 46.6 Å². The van der Waals surface area contributed by atoms with Crippen LogP contribution in [-0.2, 0) is 6.42 Å². The molecule has 1 saturated heterocycles. The van der Waals surface area contributed by atoms with Gasteiger partial charge in [-0.15, -0.1) is 11.3 Å². The van der Waals surface area contributed by atoms with Crippen LogP contribution in [0.2, 0.25) is 0 Å². The van der Waals surface area contributed by atoms with Gasteiger partial charge in [-0.2, -0.15) is 0 Å². The molecule has 2 aromatic rings. The highest BCUT2D eigenvalue weighted by atomic mass is 32.1. The maximum Gasteiger partial charge on any atom is 0.317 e. The van der Waals surface area contributed by atoms with E-state index in [1.54, 1.807) is 23.7 Å². The van der Waals surface area contributed by atoms with E-state index in [1.165, 1.54) is 0 Å². The van der Waals surface area contributed by atoms with E-state index in [-0.39, 0.29) is 12.1 Å². The van der Waals surface area contributed by atoms with Crippen molar-refractivity contribution in [1.82, 2.24) is 20.2 Å². The van der Waals surface area contributed by atoms with Gasteiger partial charge >= 0.3 is 6.03 Å². The molecule has 0 saturated carbocycles. The lowest BCUT2D eigenvalue weighted by Crippen LogP contribution is -2.39. The third kappa shape index (κ3) is 4.67. The predicted molar refractivity (Wildman–Crippen MR) is 93.4 cm³/mol. The third-order valence-electron chi connectivity index (χ3n) is 3.88. The third-order valence-corrected chi connectivity index (χ3v) is 4.91. The summed E-state index contributed by atoms with van der Waals surface area (Å²) in [6.45, 7) is 4.01. The summed E-state index contributed by atoms with van der Waals surface area (Å²) in [7, 11) is 0. The standard InChI is InChI=1S/C17H22N4O2S/c1-13-12-24-16(20-13)5-3-8-19-17(22)21-9-6-15(11-21)23-14-4-2-7-18-10-14/h2,4,7,10,12,15H,3,5-6,8-9,11H2,1H3,(H,19,22)/t15-/m1/s1. The zero-order valence-corrected chi connectivity index (χ0v) is 14.6. The molecule has 0 radical (unpaired) electrons. The molecule has 3 heterocycles. The molecule has 1 fully saturated rings.